The lowest BCUT2D eigenvalue weighted by Crippen LogP contribution is -2.10. The van der Waals surface area contributed by atoms with Crippen LogP contribution in [0.2, 0.25) is 0 Å². The van der Waals surface area contributed by atoms with E-state index in [1.54, 1.807) is 36.4 Å². The molecule has 0 amide bonds. The monoisotopic (exact) mass is 244 g/mol. The van der Waals surface area contributed by atoms with Crippen molar-refractivity contribution < 1.29 is 18.7 Å². The van der Waals surface area contributed by atoms with Crippen molar-refractivity contribution in [3.05, 3.63) is 54.0 Å². The second-order valence-corrected chi connectivity index (χ2v) is 3.77. The smallest absolute Gasteiger partial charge is 0.235 e. The van der Waals surface area contributed by atoms with E-state index in [0.717, 1.165) is 0 Å². The minimum atomic E-state index is -0.226. The van der Waals surface area contributed by atoms with Gasteiger partial charge in [-0.05, 0) is 43.3 Å². The molecule has 18 heavy (non-hydrogen) atoms. The summed E-state index contributed by atoms with van der Waals surface area (Å²) in [4.78, 5) is 22.7. The lowest BCUT2D eigenvalue weighted by Gasteiger charge is -2.04. The van der Waals surface area contributed by atoms with Gasteiger partial charge in [-0.3, -0.25) is 9.59 Å². The topological polar surface area (TPSA) is 56.5 Å². The Morgan fingerprint density at radius 1 is 1.17 bits per heavy atom. The second-order valence-electron chi connectivity index (χ2n) is 3.77. The first kappa shape index (κ1) is 12.1. The largest absolute Gasteiger partial charge is 0.485 e. The molecule has 0 bridgehead atoms. The van der Waals surface area contributed by atoms with Crippen molar-refractivity contribution in [2.24, 2.45) is 0 Å². The van der Waals surface area contributed by atoms with Crippen LogP contribution in [-0.4, -0.2) is 18.2 Å². The van der Waals surface area contributed by atoms with E-state index >= 15 is 0 Å². The fraction of sp³-hybridized carbons (Fsp3) is 0.143. The molecule has 0 atom stereocenters. The second kappa shape index (κ2) is 5.31. The Morgan fingerprint density at radius 3 is 2.44 bits per heavy atom. The van der Waals surface area contributed by atoms with Gasteiger partial charge in [-0.25, -0.2) is 0 Å². The first-order valence-electron chi connectivity index (χ1n) is 5.47. The fourth-order valence-electron chi connectivity index (χ4n) is 1.44. The molecule has 0 aliphatic rings. The average molecular weight is 244 g/mol. The summed E-state index contributed by atoms with van der Waals surface area (Å²) >= 11 is 0. The summed E-state index contributed by atoms with van der Waals surface area (Å²) in [5, 5.41) is 0. The van der Waals surface area contributed by atoms with Crippen molar-refractivity contribution in [3.8, 4) is 5.75 Å². The Balaban J connectivity index is 1.94. The Bertz CT molecular complexity index is 538. The summed E-state index contributed by atoms with van der Waals surface area (Å²) in [5.74, 6) is 0.583. The molecular formula is C14H12O4. The van der Waals surface area contributed by atoms with Crippen LogP contribution in [0.25, 0.3) is 0 Å². The van der Waals surface area contributed by atoms with Gasteiger partial charge in [0.2, 0.25) is 5.78 Å². The molecule has 1 aromatic carbocycles. The van der Waals surface area contributed by atoms with Crippen LogP contribution >= 0.6 is 0 Å². The number of benzene rings is 1. The number of ketones is 2. The molecule has 1 heterocycles. The van der Waals surface area contributed by atoms with Crippen LogP contribution in [0.15, 0.2) is 47.1 Å². The van der Waals surface area contributed by atoms with E-state index < -0.39 is 0 Å². The summed E-state index contributed by atoms with van der Waals surface area (Å²) in [6.07, 6.45) is 1.44. The van der Waals surface area contributed by atoms with E-state index in [0.29, 0.717) is 11.3 Å². The van der Waals surface area contributed by atoms with Crippen LogP contribution in [-0.2, 0) is 0 Å². The average Bonchev–Trinajstić information content (AvgIpc) is 2.90. The van der Waals surface area contributed by atoms with E-state index in [-0.39, 0.29) is 23.9 Å². The standard InChI is InChI=1S/C14H12O4/c1-10(15)11-4-6-12(7-5-11)18-9-13(16)14-3-2-8-17-14/h2-8H,9H2,1H3. The summed E-state index contributed by atoms with van der Waals surface area (Å²) < 4.78 is 10.3. The molecule has 4 heteroatoms. The quantitative estimate of drug-likeness (QED) is 0.759. The molecule has 0 fully saturated rings. The van der Waals surface area contributed by atoms with E-state index in [2.05, 4.69) is 0 Å². The third kappa shape index (κ3) is 2.85. The number of hydrogen-bond donors (Lipinski definition) is 0. The summed E-state index contributed by atoms with van der Waals surface area (Å²) in [6, 6.07) is 9.88. The molecule has 0 radical (unpaired) electrons. The highest BCUT2D eigenvalue weighted by atomic mass is 16.5. The molecule has 0 saturated heterocycles. The summed E-state index contributed by atoms with van der Waals surface area (Å²) in [6.45, 7) is 1.41. The zero-order chi connectivity index (χ0) is 13.0. The Morgan fingerprint density at radius 2 is 1.89 bits per heavy atom. The molecular weight excluding hydrogens is 232 g/mol. The molecule has 0 aliphatic heterocycles. The molecule has 2 rings (SSSR count). The summed E-state index contributed by atoms with van der Waals surface area (Å²) in [5.41, 5.74) is 0.611. The predicted molar refractivity (Wildman–Crippen MR) is 65.0 cm³/mol. The molecule has 0 spiro atoms. The van der Waals surface area contributed by atoms with Gasteiger partial charge in [-0.15, -0.1) is 0 Å². The van der Waals surface area contributed by atoms with Crippen LogP contribution in [0.3, 0.4) is 0 Å². The Hall–Kier alpha value is -2.36. The Kier molecular flexibility index (Phi) is 3.57. The highest BCUT2D eigenvalue weighted by Crippen LogP contribution is 2.13. The van der Waals surface area contributed by atoms with E-state index in [1.807, 2.05) is 0 Å². The lowest BCUT2D eigenvalue weighted by molar-refractivity contribution is 0.0893. The van der Waals surface area contributed by atoms with Crippen LogP contribution in [0.1, 0.15) is 27.8 Å². The van der Waals surface area contributed by atoms with Crippen molar-refractivity contribution in [2.75, 3.05) is 6.61 Å². The molecule has 0 N–H and O–H groups in total. The van der Waals surface area contributed by atoms with Crippen molar-refractivity contribution in [1.29, 1.82) is 0 Å². The zero-order valence-electron chi connectivity index (χ0n) is 9.88. The van der Waals surface area contributed by atoms with E-state index in [9.17, 15) is 9.59 Å². The first-order valence-corrected chi connectivity index (χ1v) is 5.47. The molecule has 92 valence electrons. The fourth-order valence-corrected chi connectivity index (χ4v) is 1.44. The van der Waals surface area contributed by atoms with Crippen LogP contribution in [0, 0.1) is 0 Å². The maximum Gasteiger partial charge on any atom is 0.235 e. The van der Waals surface area contributed by atoms with E-state index in [1.165, 1.54) is 13.2 Å². The SMILES string of the molecule is CC(=O)c1ccc(OCC(=O)c2ccco2)cc1. The van der Waals surface area contributed by atoms with Gasteiger partial charge in [0.05, 0.1) is 6.26 Å². The van der Waals surface area contributed by atoms with Gasteiger partial charge < -0.3 is 9.15 Å². The van der Waals surface area contributed by atoms with Crippen LogP contribution < -0.4 is 4.74 Å². The summed E-state index contributed by atoms with van der Waals surface area (Å²) in [7, 11) is 0. The van der Waals surface area contributed by atoms with Crippen molar-refractivity contribution in [2.45, 2.75) is 6.92 Å². The van der Waals surface area contributed by atoms with Gasteiger partial charge in [0, 0.05) is 5.56 Å². The molecule has 0 unspecified atom stereocenters. The van der Waals surface area contributed by atoms with E-state index in [4.69, 9.17) is 9.15 Å². The van der Waals surface area contributed by atoms with Crippen LogP contribution in [0.5, 0.6) is 5.75 Å². The number of carbonyl (C=O) groups excluding carboxylic acids is 2. The predicted octanol–water partition coefficient (Wildman–Crippen LogP) is 2.74. The third-order valence-corrected chi connectivity index (χ3v) is 2.43. The van der Waals surface area contributed by atoms with Gasteiger partial charge in [-0.2, -0.15) is 0 Å². The van der Waals surface area contributed by atoms with Gasteiger partial charge in [0.15, 0.2) is 18.2 Å². The number of carbonyl (C=O) groups is 2. The maximum atomic E-state index is 11.6. The minimum absolute atomic E-state index is 0.00629. The van der Waals surface area contributed by atoms with Crippen molar-refractivity contribution >= 4 is 11.6 Å². The Labute approximate surface area is 104 Å². The number of Topliss-reactive ketones (excluding diaryl/α,β-unsaturated/α-hetero) is 2. The zero-order valence-corrected chi connectivity index (χ0v) is 9.88. The van der Waals surface area contributed by atoms with Crippen molar-refractivity contribution in [3.63, 3.8) is 0 Å². The molecule has 4 nitrogen and oxygen atoms in total. The molecule has 1 aromatic heterocycles. The van der Waals surface area contributed by atoms with Gasteiger partial charge in [0.1, 0.15) is 5.75 Å². The number of rotatable bonds is 5. The van der Waals surface area contributed by atoms with Gasteiger partial charge in [0.25, 0.3) is 0 Å². The lowest BCUT2D eigenvalue weighted by atomic mass is 10.1. The number of hydrogen-bond acceptors (Lipinski definition) is 4. The highest BCUT2D eigenvalue weighted by Gasteiger charge is 2.09. The third-order valence-electron chi connectivity index (χ3n) is 2.43. The molecule has 2 aromatic rings. The van der Waals surface area contributed by atoms with Gasteiger partial charge >= 0.3 is 0 Å². The molecule has 0 aliphatic carbocycles. The molecule has 0 saturated carbocycles. The minimum Gasteiger partial charge on any atom is -0.485 e. The number of ether oxygens (including phenoxy) is 1. The first-order chi connectivity index (χ1) is 8.66. The van der Waals surface area contributed by atoms with Crippen molar-refractivity contribution in [1.82, 2.24) is 0 Å². The van der Waals surface area contributed by atoms with Gasteiger partial charge in [-0.1, -0.05) is 0 Å². The maximum absolute atomic E-state index is 11.6. The number of furan rings is 1. The normalized spacial score (nSPS) is 10.1. The highest BCUT2D eigenvalue weighted by molar-refractivity contribution is 5.95. The van der Waals surface area contributed by atoms with Crippen LogP contribution in [0.4, 0.5) is 0 Å².